The molecule has 8 nitrogen and oxygen atoms in total. The Morgan fingerprint density at radius 1 is 1.05 bits per heavy atom. The van der Waals surface area contributed by atoms with Crippen molar-refractivity contribution in [3.05, 3.63) is 58.1 Å². The maximum Gasteiger partial charge on any atom is 0.244 e. The molecular formula is C27H35Cl2N3O5S. The van der Waals surface area contributed by atoms with Crippen molar-refractivity contribution in [2.75, 3.05) is 24.2 Å². The fraction of sp³-hybridized carbons (Fsp3) is 0.481. The summed E-state index contributed by atoms with van der Waals surface area (Å²) in [6.07, 6.45) is 6.47. The molecule has 1 fully saturated rings. The second-order valence-corrected chi connectivity index (χ2v) is 12.2. The van der Waals surface area contributed by atoms with Gasteiger partial charge in [-0.25, -0.2) is 8.42 Å². The molecule has 0 aliphatic heterocycles. The van der Waals surface area contributed by atoms with E-state index in [1.807, 2.05) is 6.92 Å². The monoisotopic (exact) mass is 583 g/mol. The quantitative estimate of drug-likeness (QED) is 0.400. The van der Waals surface area contributed by atoms with Gasteiger partial charge in [0.2, 0.25) is 21.8 Å². The Morgan fingerprint density at radius 2 is 1.71 bits per heavy atom. The SMILES string of the molecule is CCC(C(=O)NC1CCCCC1)N(Cc1ccc(Cl)c(Cl)c1)C(=O)CN(c1ccc(OC)cc1)S(C)(=O)=O. The molecule has 1 atom stereocenters. The van der Waals surface area contributed by atoms with Gasteiger partial charge in [-0.15, -0.1) is 0 Å². The van der Waals surface area contributed by atoms with Crippen molar-refractivity contribution in [3.8, 4) is 5.75 Å². The minimum atomic E-state index is -3.82. The number of ether oxygens (including phenoxy) is 1. The van der Waals surface area contributed by atoms with Gasteiger partial charge in [0.25, 0.3) is 0 Å². The molecule has 0 spiro atoms. The fourth-order valence-electron chi connectivity index (χ4n) is 4.66. The van der Waals surface area contributed by atoms with Gasteiger partial charge in [-0.05, 0) is 61.2 Å². The van der Waals surface area contributed by atoms with Crippen LogP contribution in [0.3, 0.4) is 0 Å². The number of amides is 2. The van der Waals surface area contributed by atoms with Gasteiger partial charge in [-0.3, -0.25) is 13.9 Å². The number of carbonyl (C=O) groups is 2. The van der Waals surface area contributed by atoms with E-state index >= 15 is 0 Å². The summed E-state index contributed by atoms with van der Waals surface area (Å²) in [5.41, 5.74) is 0.989. The summed E-state index contributed by atoms with van der Waals surface area (Å²) in [6.45, 7) is 1.42. The van der Waals surface area contributed by atoms with Crippen LogP contribution < -0.4 is 14.4 Å². The lowest BCUT2D eigenvalue weighted by molar-refractivity contribution is -0.140. The minimum Gasteiger partial charge on any atom is -0.497 e. The molecule has 0 bridgehead atoms. The molecule has 2 aromatic carbocycles. The highest BCUT2D eigenvalue weighted by atomic mass is 35.5. The van der Waals surface area contributed by atoms with E-state index in [-0.39, 0.29) is 18.5 Å². The Balaban J connectivity index is 1.92. The number of hydrogen-bond donors (Lipinski definition) is 1. The van der Waals surface area contributed by atoms with E-state index in [1.54, 1.807) is 42.5 Å². The Labute approximate surface area is 235 Å². The van der Waals surface area contributed by atoms with Gasteiger partial charge < -0.3 is 15.0 Å². The zero-order chi connectivity index (χ0) is 27.9. The number of methoxy groups -OCH3 is 1. The first-order valence-electron chi connectivity index (χ1n) is 12.7. The smallest absolute Gasteiger partial charge is 0.244 e. The van der Waals surface area contributed by atoms with Crippen LogP contribution in [0.5, 0.6) is 5.75 Å². The lowest BCUT2D eigenvalue weighted by Gasteiger charge is -2.34. The average molecular weight is 585 g/mol. The number of sulfonamides is 1. The molecule has 208 valence electrons. The Kier molecular flexibility index (Phi) is 10.7. The largest absolute Gasteiger partial charge is 0.497 e. The third-order valence-electron chi connectivity index (χ3n) is 6.71. The van der Waals surface area contributed by atoms with Crippen LogP contribution in [0.1, 0.15) is 51.0 Å². The van der Waals surface area contributed by atoms with Gasteiger partial charge in [0.05, 0.1) is 29.1 Å². The van der Waals surface area contributed by atoms with Crippen LogP contribution in [-0.2, 0) is 26.2 Å². The van der Waals surface area contributed by atoms with E-state index in [0.717, 1.165) is 42.7 Å². The summed E-state index contributed by atoms with van der Waals surface area (Å²) in [7, 11) is -2.31. The van der Waals surface area contributed by atoms with E-state index in [1.165, 1.54) is 12.0 Å². The maximum absolute atomic E-state index is 13.8. The van der Waals surface area contributed by atoms with Crippen LogP contribution in [0.15, 0.2) is 42.5 Å². The number of benzene rings is 2. The van der Waals surface area contributed by atoms with Gasteiger partial charge in [0.1, 0.15) is 18.3 Å². The van der Waals surface area contributed by atoms with E-state index in [0.29, 0.717) is 33.5 Å². The molecule has 2 amide bonds. The zero-order valence-electron chi connectivity index (χ0n) is 22.0. The van der Waals surface area contributed by atoms with Crippen molar-refractivity contribution in [2.24, 2.45) is 0 Å². The van der Waals surface area contributed by atoms with Crippen molar-refractivity contribution in [1.82, 2.24) is 10.2 Å². The van der Waals surface area contributed by atoms with E-state index in [2.05, 4.69) is 5.32 Å². The molecule has 1 unspecified atom stereocenters. The number of rotatable bonds is 11. The molecule has 2 aromatic rings. The maximum atomic E-state index is 13.8. The summed E-state index contributed by atoms with van der Waals surface area (Å²) < 4.78 is 31.7. The van der Waals surface area contributed by atoms with E-state index in [4.69, 9.17) is 27.9 Å². The highest BCUT2D eigenvalue weighted by molar-refractivity contribution is 7.92. The Hall–Kier alpha value is -2.49. The number of hydrogen-bond acceptors (Lipinski definition) is 5. The molecule has 1 aliphatic rings. The number of halogens is 2. The second-order valence-electron chi connectivity index (χ2n) is 9.51. The third kappa shape index (κ3) is 8.01. The normalized spacial score (nSPS) is 15.0. The topological polar surface area (TPSA) is 96.0 Å². The Bertz CT molecular complexity index is 1220. The van der Waals surface area contributed by atoms with Crippen LogP contribution in [-0.4, -0.2) is 57.1 Å². The van der Waals surface area contributed by atoms with Gasteiger partial charge >= 0.3 is 0 Å². The third-order valence-corrected chi connectivity index (χ3v) is 8.59. The summed E-state index contributed by atoms with van der Waals surface area (Å²) in [4.78, 5) is 28.7. The number of nitrogens with zero attached hydrogens (tertiary/aromatic N) is 2. The van der Waals surface area contributed by atoms with Gasteiger partial charge in [0, 0.05) is 12.6 Å². The van der Waals surface area contributed by atoms with Gasteiger partial charge in [0.15, 0.2) is 0 Å². The van der Waals surface area contributed by atoms with E-state index < -0.39 is 28.5 Å². The summed E-state index contributed by atoms with van der Waals surface area (Å²) in [6, 6.07) is 10.7. The summed E-state index contributed by atoms with van der Waals surface area (Å²) in [5.74, 6) is -0.202. The molecule has 38 heavy (non-hydrogen) atoms. The second kappa shape index (κ2) is 13.5. The highest BCUT2D eigenvalue weighted by Crippen LogP contribution is 2.26. The molecule has 11 heteroatoms. The molecule has 1 saturated carbocycles. The lowest BCUT2D eigenvalue weighted by atomic mass is 9.95. The fourth-order valence-corrected chi connectivity index (χ4v) is 5.83. The van der Waals surface area contributed by atoms with Crippen LogP contribution in [0.25, 0.3) is 0 Å². The van der Waals surface area contributed by atoms with Gasteiger partial charge in [-0.1, -0.05) is 55.5 Å². The molecule has 0 heterocycles. The zero-order valence-corrected chi connectivity index (χ0v) is 24.3. The number of nitrogens with one attached hydrogen (secondary N) is 1. The van der Waals surface area contributed by atoms with Crippen molar-refractivity contribution in [1.29, 1.82) is 0 Å². The van der Waals surface area contributed by atoms with Crippen molar-refractivity contribution < 1.29 is 22.7 Å². The molecular weight excluding hydrogens is 549 g/mol. The molecule has 3 rings (SSSR count). The average Bonchev–Trinajstić information content (AvgIpc) is 2.89. The lowest BCUT2D eigenvalue weighted by Crippen LogP contribution is -2.53. The summed E-state index contributed by atoms with van der Waals surface area (Å²) >= 11 is 12.3. The summed E-state index contributed by atoms with van der Waals surface area (Å²) in [5, 5.41) is 3.81. The molecule has 1 N–H and O–H groups in total. The Morgan fingerprint density at radius 3 is 2.26 bits per heavy atom. The molecule has 0 radical (unpaired) electrons. The standard InChI is InChI=1S/C27H35Cl2N3O5S/c1-4-25(27(34)30-20-8-6-5-7-9-20)31(17-19-10-15-23(28)24(29)16-19)26(33)18-32(38(3,35)36)21-11-13-22(37-2)14-12-21/h10-16,20,25H,4-9,17-18H2,1-3H3,(H,30,34). The first-order chi connectivity index (χ1) is 18.0. The predicted molar refractivity (Wildman–Crippen MR) is 151 cm³/mol. The van der Waals surface area contributed by atoms with Crippen LogP contribution in [0.4, 0.5) is 5.69 Å². The molecule has 0 aromatic heterocycles. The first-order valence-corrected chi connectivity index (χ1v) is 15.3. The van der Waals surface area contributed by atoms with Crippen LogP contribution in [0, 0.1) is 0 Å². The van der Waals surface area contributed by atoms with Crippen molar-refractivity contribution >= 4 is 50.7 Å². The first kappa shape index (κ1) is 30.1. The highest BCUT2D eigenvalue weighted by Gasteiger charge is 2.33. The van der Waals surface area contributed by atoms with Crippen molar-refractivity contribution in [3.63, 3.8) is 0 Å². The molecule has 0 saturated heterocycles. The van der Waals surface area contributed by atoms with Crippen LogP contribution >= 0.6 is 23.2 Å². The number of anilines is 1. The van der Waals surface area contributed by atoms with Crippen LogP contribution in [0.2, 0.25) is 10.0 Å². The predicted octanol–water partition coefficient (Wildman–Crippen LogP) is 5.02. The van der Waals surface area contributed by atoms with Crippen molar-refractivity contribution in [2.45, 2.75) is 64.1 Å². The van der Waals surface area contributed by atoms with Gasteiger partial charge in [-0.2, -0.15) is 0 Å². The minimum absolute atomic E-state index is 0.0620. The molecule has 1 aliphatic carbocycles. The van der Waals surface area contributed by atoms with E-state index in [9.17, 15) is 18.0 Å². The number of carbonyl (C=O) groups excluding carboxylic acids is 2.